The predicted octanol–water partition coefficient (Wildman–Crippen LogP) is 3.40. The SMILES string of the molecule is CCn1cccc1CNCC(C)c1ccccc1. The number of aromatic nitrogens is 1. The first kappa shape index (κ1) is 12.9. The summed E-state index contributed by atoms with van der Waals surface area (Å²) in [6.45, 7) is 7.44. The molecular formula is C16H22N2. The Morgan fingerprint density at radius 1 is 1.11 bits per heavy atom. The zero-order valence-corrected chi connectivity index (χ0v) is 11.3. The number of aryl methyl sites for hydroxylation is 1. The van der Waals surface area contributed by atoms with Gasteiger partial charge in [0.2, 0.25) is 0 Å². The lowest BCUT2D eigenvalue weighted by molar-refractivity contribution is 0.586. The molecule has 1 aromatic carbocycles. The summed E-state index contributed by atoms with van der Waals surface area (Å²) < 4.78 is 2.28. The molecule has 96 valence electrons. The second-order valence-corrected chi connectivity index (χ2v) is 4.73. The maximum atomic E-state index is 3.54. The summed E-state index contributed by atoms with van der Waals surface area (Å²) >= 11 is 0. The van der Waals surface area contributed by atoms with Crippen LogP contribution in [0, 0.1) is 0 Å². The number of rotatable bonds is 6. The van der Waals surface area contributed by atoms with Gasteiger partial charge in [0, 0.05) is 31.5 Å². The van der Waals surface area contributed by atoms with Crippen LogP contribution in [0.25, 0.3) is 0 Å². The van der Waals surface area contributed by atoms with Gasteiger partial charge in [-0.3, -0.25) is 0 Å². The van der Waals surface area contributed by atoms with Gasteiger partial charge >= 0.3 is 0 Å². The quantitative estimate of drug-likeness (QED) is 0.821. The van der Waals surface area contributed by atoms with E-state index in [4.69, 9.17) is 0 Å². The maximum absolute atomic E-state index is 3.54. The third kappa shape index (κ3) is 3.23. The molecule has 1 atom stereocenters. The minimum atomic E-state index is 0.552. The molecule has 18 heavy (non-hydrogen) atoms. The van der Waals surface area contributed by atoms with Crippen molar-refractivity contribution in [2.24, 2.45) is 0 Å². The second kappa shape index (κ2) is 6.41. The molecule has 0 amide bonds. The molecule has 1 heterocycles. The van der Waals surface area contributed by atoms with Crippen LogP contribution in [-0.2, 0) is 13.1 Å². The molecule has 1 unspecified atom stereocenters. The average Bonchev–Trinajstić information content (AvgIpc) is 2.87. The largest absolute Gasteiger partial charge is 0.351 e. The Hall–Kier alpha value is -1.54. The van der Waals surface area contributed by atoms with Crippen LogP contribution in [0.4, 0.5) is 0 Å². The Kier molecular flexibility index (Phi) is 4.59. The van der Waals surface area contributed by atoms with Crippen LogP contribution >= 0.6 is 0 Å². The van der Waals surface area contributed by atoms with E-state index < -0.39 is 0 Å². The number of hydrogen-bond donors (Lipinski definition) is 1. The van der Waals surface area contributed by atoms with Crippen LogP contribution in [0.1, 0.15) is 31.0 Å². The Bertz CT molecular complexity index is 459. The molecule has 0 aliphatic rings. The summed E-state index contributed by atoms with van der Waals surface area (Å²) in [6.07, 6.45) is 2.14. The molecule has 1 aromatic heterocycles. The summed E-state index contributed by atoms with van der Waals surface area (Å²) in [5, 5.41) is 3.54. The van der Waals surface area contributed by atoms with Gasteiger partial charge in [0.15, 0.2) is 0 Å². The fourth-order valence-electron chi connectivity index (χ4n) is 2.23. The van der Waals surface area contributed by atoms with Crippen molar-refractivity contribution in [2.45, 2.75) is 32.9 Å². The average molecular weight is 242 g/mol. The van der Waals surface area contributed by atoms with E-state index in [9.17, 15) is 0 Å². The molecule has 0 fully saturated rings. The molecule has 0 saturated carbocycles. The standard InChI is InChI=1S/C16H22N2/c1-3-18-11-7-10-16(18)13-17-12-14(2)15-8-5-4-6-9-15/h4-11,14,17H,3,12-13H2,1-2H3. The van der Waals surface area contributed by atoms with E-state index in [0.717, 1.165) is 19.6 Å². The van der Waals surface area contributed by atoms with Crippen molar-refractivity contribution >= 4 is 0 Å². The Balaban J connectivity index is 1.82. The number of benzene rings is 1. The predicted molar refractivity (Wildman–Crippen MR) is 76.7 cm³/mol. The Labute approximate surface area is 110 Å². The van der Waals surface area contributed by atoms with Crippen LogP contribution in [-0.4, -0.2) is 11.1 Å². The Morgan fingerprint density at radius 2 is 1.89 bits per heavy atom. The molecule has 2 aromatic rings. The molecule has 2 heteroatoms. The van der Waals surface area contributed by atoms with Crippen LogP contribution in [0.15, 0.2) is 48.7 Å². The molecular weight excluding hydrogens is 220 g/mol. The van der Waals surface area contributed by atoms with Crippen LogP contribution in [0.3, 0.4) is 0 Å². The van der Waals surface area contributed by atoms with Gasteiger partial charge in [-0.1, -0.05) is 37.3 Å². The van der Waals surface area contributed by atoms with Gasteiger partial charge in [0.1, 0.15) is 0 Å². The summed E-state index contributed by atoms with van der Waals surface area (Å²) in [7, 11) is 0. The van der Waals surface area contributed by atoms with E-state index in [1.807, 2.05) is 0 Å². The van der Waals surface area contributed by atoms with Crippen molar-refractivity contribution < 1.29 is 0 Å². The first-order valence-electron chi connectivity index (χ1n) is 6.71. The number of hydrogen-bond acceptors (Lipinski definition) is 1. The fraction of sp³-hybridized carbons (Fsp3) is 0.375. The second-order valence-electron chi connectivity index (χ2n) is 4.73. The van der Waals surface area contributed by atoms with Gasteiger partial charge in [-0.25, -0.2) is 0 Å². The third-order valence-corrected chi connectivity index (χ3v) is 3.39. The van der Waals surface area contributed by atoms with Gasteiger partial charge in [-0.2, -0.15) is 0 Å². The van der Waals surface area contributed by atoms with Crippen molar-refractivity contribution in [1.29, 1.82) is 0 Å². The van der Waals surface area contributed by atoms with E-state index in [1.165, 1.54) is 11.3 Å². The molecule has 0 aliphatic carbocycles. The highest BCUT2D eigenvalue weighted by atomic mass is 15.0. The molecule has 0 radical (unpaired) electrons. The zero-order chi connectivity index (χ0) is 12.8. The van der Waals surface area contributed by atoms with Gasteiger partial charge in [0.25, 0.3) is 0 Å². The summed E-state index contributed by atoms with van der Waals surface area (Å²) in [5.74, 6) is 0.552. The van der Waals surface area contributed by atoms with Crippen LogP contribution in [0.5, 0.6) is 0 Å². The molecule has 0 aliphatic heterocycles. The first-order valence-corrected chi connectivity index (χ1v) is 6.71. The smallest absolute Gasteiger partial charge is 0.0359 e. The monoisotopic (exact) mass is 242 g/mol. The minimum absolute atomic E-state index is 0.552. The molecule has 0 spiro atoms. The van der Waals surface area contributed by atoms with Gasteiger partial charge in [-0.15, -0.1) is 0 Å². The highest BCUT2D eigenvalue weighted by Crippen LogP contribution is 2.13. The molecule has 0 saturated heterocycles. The highest BCUT2D eigenvalue weighted by molar-refractivity contribution is 5.19. The van der Waals surface area contributed by atoms with Crippen molar-refractivity contribution in [3.63, 3.8) is 0 Å². The molecule has 2 nitrogen and oxygen atoms in total. The molecule has 2 rings (SSSR count). The van der Waals surface area contributed by atoms with Crippen molar-refractivity contribution in [2.75, 3.05) is 6.54 Å². The van der Waals surface area contributed by atoms with Gasteiger partial charge < -0.3 is 9.88 Å². The van der Waals surface area contributed by atoms with Gasteiger partial charge in [-0.05, 0) is 30.5 Å². The fourth-order valence-corrected chi connectivity index (χ4v) is 2.23. The van der Waals surface area contributed by atoms with E-state index in [0.29, 0.717) is 5.92 Å². The zero-order valence-electron chi connectivity index (χ0n) is 11.3. The summed E-state index contributed by atoms with van der Waals surface area (Å²) in [5.41, 5.74) is 2.76. The Morgan fingerprint density at radius 3 is 2.61 bits per heavy atom. The van der Waals surface area contributed by atoms with Crippen molar-refractivity contribution in [3.05, 3.63) is 59.9 Å². The lowest BCUT2D eigenvalue weighted by atomic mass is 10.0. The van der Waals surface area contributed by atoms with E-state index >= 15 is 0 Å². The molecule has 0 bridgehead atoms. The topological polar surface area (TPSA) is 17.0 Å². The summed E-state index contributed by atoms with van der Waals surface area (Å²) in [4.78, 5) is 0. The lowest BCUT2D eigenvalue weighted by Crippen LogP contribution is -2.21. The minimum Gasteiger partial charge on any atom is -0.351 e. The first-order chi connectivity index (χ1) is 8.81. The number of nitrogens with zero attached hydrogens (tertiary/aromatic N) is 1. The van der Waals surface area contributed by atoms with E-state index in [1.54, 1.807) is 0 Å². The van der Waals surface area contributed by atoms with Crippen LogP contribution < -0.4 is 5.32 Å². The maximum Gasteiger partial charge on any atom is 0.0359 e. The van der Waals surface area contributed by atoms with E-state index in [2.05, 4.69) is 72.4 Å². The van der Waals surface area contributed by atoms with Crippen molar-refractivity contribution in [3.8, 4) is 0 Å². The van der Waals surface area contributed by atoms with E-state index in [-0.39, 0.29) is 0 Å². The van der Waals surface area contributed by atoms with Crippen LogP contribution in [0.2, 0.25) is 0 Å². The molecule has 1 N–H and O–H groups in total. The normalized spacial score (nSPS) is 12.6. The third-order valence-electron chi connectivity index (χ3n) is 3.39. The lowest BCUT2D eigenvalue weighted by Gasteiger charge is -2.13. The number of nitrogens with one attached hydrogen (secondary N) is 1. The highest BCUT2D eigenvalue weighted by Gasteiger charge is 2.05. The van der Waals surface area contributed by atoms with Crippen molar-refractivity contribution in [1.82, 2.24) is 9.88 Å². The van der Waals surface area contributed by atoms with Gasteiger partial charge in [0.05, 0.1) is 0 Å². The summed E-state index contributed by atoms with van der Waals surface area (Å²) in [6, 6.07) is 15.0.